The maximum Gasteiger partial charge on any atom is 0.254 e. The summed E-state index contributed by atoms with van der Waals surface area (Å²) in [6.45, 7) is 4.65. The molecule has 1 saturated carbocycles. The number of benzene rings is 2. The van der Waals surface area contributed by atoms with Crippen LogP contribution in [0.25, 0.3) is 5.57 Å². The fourth-order valence-electron chi connectivity index (χ4n) is 3.97. The third-order valence-corrected chi connectivity index (χ3v) is 5.64. The minimum atomic E-state index is -0.558. The summed E-state index contributed by atoms with van der Waals surface area (Å²) in [5, 5.41) is 4.71. The molecule has 30 heavy (non-hydrogen) atoms. The number of Topliss-reactive ketones (excluding diaryl/α,β-unsaturated/α-hetero) is 1. The van der Waals surface area contributed by atoms with Crippen molar-refractivity contribution in [2.75, 3.05) is 6.54 Å². The molecule has 5 nitrogen and oxygen atoms in total. The van der Waals surface area contributed by atoms with Gasteiger partial charge in [0, 0.05) is 30.1 Å². The maximum absolute atomic E-state index is 14.5. The van der Waals surface area contributed by atoms with Gasteiger partial charge in [0.05, 0.1) is 18.2 Å². The first-order chi connectivity index (χ1) is 14.4. The third kappa shape index (κ3) is 3.73. The van der Waals surface area contributed by atoms with Crippen molar-refractivity contribution in [3.63, 3.8) is 0 Å². The average Bonchev–Trinajstić information content (AvgIpc) is 3.44. The largest absolute Gasteiger partial charge is 0.344 e. The maximum atomic E-state index is 14.5. The van der Waals surface area contributed by atoms with Crippen LogP contribution < -0.4 is 10.7 Å². The molecule has 2 aromatic carbocycles. The Kier molecular flexibility index (Phi) is 5.39. The van der Waals surface area contributed by atoms with Gasteiger partial charge in [0.15, 0.2) is 0 Å². The third-order valence-electron chi connectivity index (χ3n) is 5.64. The molecule has 1 heterocycles. The zero-order valence-electron chi connectivity index (χ0n) is 16.8. The topological polar surface area (TPSA) is 61.4 Å². The van der Waals surface area contributed by atoms with E-state index in [1.54, 1.807) is 36.2 Å². The average molecular weight is 411 g/mol. The van der Waals surface area contributed by atoms with E-state index in [0.717, 1.165) is 0 Å². The second kappa shape index (κ2) is 7.99. The molecular weight excluding hydrogens is 388 g/mol. The van der Waals surface area contributed by atoms with Crippen molar-refractivity contribution < 1.29 is 18.4 Å². The van der Waals surface area contributed by atoms with E-state index in [1.807, 2.05) is 6.92 Å². The van der Waals surface area contributed by atoms with Crippen molar-refractivity contribution in [1.82, 2.24) is 15.8 Å². The van der Waals surface area contributed by atoms with Crippen molar-refractivity contribution in [3.8, 4) is 0 Å². The molecule has 0 bridgehead atoms. The first kappa shape index (κ1) is 20.2. The number of hydrogen-bond donors (Lipinski definition) is 2. The monoisotopic (exact) mass is 411 g/mol. The summed E-state index contributed by atoms with van der Waals surface area (Å²) in [7, 11) is 0. The first-order valence-corrected chi connectivity index (χ1v) is 9.99. The Morgan fingerprint density at radius 3 is 2.53 bits per heavy atom. The van der Waals surface area contributed by atoms with Gasteiger partial charge in [-0.1, -0.05) is 31.2 Å². The molecule has 1 aliphatic carbocycles. The number of carbonyl (C=O) groups excluding carboxylic acids is 2. The van der Waals surface area contributed by atoms with Crippen LogP contribution in [0.3, 0.4) is 0 Å². The number of hydrazine groups is 1. The Morgan fingerprint density at radius 1 is 1.20 bits per heavy atom. The van der Waals surface area contributed by atoms with Gasteiger partial charge in [-0.3, -0.25) is 9.59 Å². The van der Waals surface area contributed by atoms with Gasteiger partial charge >= 0.3 is 0 Å². The fourth-order valence-corrected chi connectivity index (χ4v) is 3.97. The highest BCUT2D eigenvalue weighted by Gasteiger charge is 2.43. The first-order valence-electron chi connectivity index (χ1n) is 9.99. The van der Waals surface area contributed by atoms with E-state index in [0.29, 0.717) is 47.5 Å². The predicted octanol–water partition coefficient (Wildman–Crippen LogP) is 3.48. The minimum Gasteiger partial charge on any atom is -0.344 e. The van der Waals surface area contributed by atoms with E-state index in [4.69, 9.17) is 0 Å². The van der Waals surface area contributed by atoms with Crippen LogP contribution >= 0.6 is 0 Å². The highest BCUT2D eigenvalue weighted by molar-refractivity contribution is 6.21. The van der Waals surface area contributed by atoms with Crippen molar-refractivity contribution in [2.45, 2.75) is 32.9 Å². The fraction of sp³-hybridized carbons (Fsp3) is 0.304. The van der Waals surface area contributed by atoms with Crippen LogP contribution in [0.15, 0.2) is 48.2 Å². The second-order valence-corrected chi connectivity index (χ2v) is 7.60. The molecule has 4 rings (SSSR count). The van der Waals surface area contributed by atoms with E-state index in [1.165, 1.54) is 18.2 Å². The lowest BCUT2D eigenvalue weighted by Crippen LogP contribution is -2.41. The van der Waals surface area contributed by atoms with E-state index in [-0.39, 0.29) is 23.3 Å². The summed E-state index contributed by atoms with van der Waals surface area (Å²) in [6, 6.07) is 9.91. The Bertz CT molecular complexity index is 1030. The van der Waals surface area contributed by atoms with Crippen molar-refractivity contribution in [3.05, 3.63) is 76.5 Å². The van der Waals surface area contributed by atoms with Crippen molar-refractivity contribution in [1.29, 1.82) is 0 Å². The van der Waals surface area contributed by atoms with Crippen LogP contribution in [-0.4, -0.2) is 23.2 Å². The van der Waals surface area contributed by atoms with Crippen LogP contribution in [0.4, 0.5) is 8.78 Å². The number of nitrogens with one attached hydrogen (secondary N) is 2. The van der Waals surface area contributed by atoms with Crippen LogP contribution in [0.5, 0.6) is 0 Å². The highest BCUT2D eigenvalue weighted by atomic mass is 19.1. The van der Waals surface area contributed by atoms with E-state index in [2.05, 4.69) is 10.7 Å². The molecule has 156 valence electrons. The van der Waals surface area contributed by atoms with Gasteiger partial charge in [-0.05, 0) is 36.2 Å². The summed E-state index contributed by atoms with van der Waals surface area (Å²) in [5.41, 5.74) is 5.83. The lowest BCUT2D eigenvalue weighted by molar-refractivity contribution is -0.116. The van der Waals surface area contributed by atoms with Gasteiger partial charge in [0.25, 0.3) is 5.91 Å². The molecule has 7 heteroatoms. The minimum absolute atomic E-state index is 0.0553. The molecule has 0 saturated heterocycles. The van der Waals surface area contributed by atoms with Gasteiger partial charge in [0.1, 0.15) is 17.4 Å². The Labute approximate surface area is 173 Å². The molecular formula is C23H23F2N3O2. The molecule has 1 amide bonds. The highest BCUT2D eigenvalue weighted by Crippen LogP contribution is 2.39. The van der Waals surface area contributed by atoms with Crippen LogP contribution in [0, 0.1) is 17.6 Å². The van der Waals surface area contributed by atoms with Gasteiger partial charge in [-0.2, -0.15) is 0 Å². The van der Waals surface area contributed by atoms with E-state index >= 15 is 0 Å². The SMILES string of the molecule is CCNN1Cc2c(F)cccc2C(C(=O)N[C@H](c2ccc(F)cc2)C2CC2=O)=C1C. The number of ketones is 1. The van der Waals surface area contributed by atoms with Crippen molar-refractivity contribution >= 4 is 17.3 Å². The number of allylic oxidation sites excluding steroid dienone is 1. The molecule has 0 radical (unpaired) electrons. The molecule has 2 aliphatic rings. The molecule has 1 fully saturated rings. The van der Waals surface area contributed by atoms with E-state index in [9.17, 15) is 18.4 Å². The number of rotatable bonds is 6. The summed E-state index contributed by atoms with van der Waals surface area (Å²) < 4.78 is 27.9. The van der Waals surface area contributed by atoms with Crippen LogP contribution in [0.1, 0.15) is 43.0 Å². The number of amides is 1. The number of nitrogens with zero attached hydrogens (tertiary/aromatic N) is 1. The Balaban J connectivity index is 1.71. The summed E-state index contributed by atoms with van der Waals surface area (Å²) >= 11 is 0. The normalized spacial score (nSPS) is 18.9. The Morgan fingerprint density at radius 2 is 1.90 bits per heavy atom. The second-order valence-electron chi connectivity index (χ2n) is 7.60. The number of carbonyl (C=O) groups is 2. The molecule has 0 aromatic heterocycles. The van der Waals surface area contributed by atoms with Crippen molar-refractivity contribution in [2.24, 2.45) is 5.92 Å². The van der Waals surface area contributed by atoms with E-state index < -0.39 is 11.9 Å². The quantitative estimate of drug-likeness (QED) is 0.764. The smallest absolute Gasteiger partial charge is 0.254 e. The van der Waals surface area contributed by atoms with Crippen LogP contribution in [-0.2, 0) is 16.1 Å². The number of fused-ring (bicyclic) bond motifs is 1. The van der Waals surface area contributed by atoms with Gasteiger partial charge < -0.3 is 10.3 Å². The predicted molar refractivity (Wildman–Crippen MR) is 109 cm³/mol. The molecule has 2 N–H and O–H groups in total. The molecule has 0 spiro atoms. The lowest BCUT2D eigenvalue weighted by atomic mass is 9.92. The van der Waals surface area contributed by atoms with Gasteiger partial charge in [-0.25, -0.2) is 14.2 Å². The zero-order valence-corrected chi connectivity index (χ0v) is 16.8. The summed E-state index contributed by atoms with van der Waals surface area (Å²) in [4.78, 5) is 25.3. The zero-order chi connectivity index (χ0) is 21.4. The molecule has 2 atom stereocenters. The molecule has 1 aliphatic heterocycles. The number of halogens is 2. The van der Waals surface area contributed by atoms with Gasteiger partial charge in [-0.15, -0.1) is 0 Å². The van der Waals surface area contributed by atoms with Gasteiger partial charge in [0.2, 0.25) is 0 Å². The molecule has 2 aromatic rings. The van der Waals surface area contributed by atoms with Crippen LogP contribution in [0.2, 0.25) is 0 Å². The summed E-state index contributed by atoms with van der Waals surface area (Å²) in [6.07, 6.45) is 0.370. The standard InChI is InChI=1S/C23H23F2N3O2/c1-3-26-28-12-18-16(5-4-6-19(18)25)21(13(28)2)23(30)27-22(17-11-20(17)29)14-7-9-15(24)10-8-14/h4-10,17,22,26H,3,11-12H2,1-2H3,(H,27,30)/t17?,22-/m1/s1. The summed E-state index contributed by atoms with van der Waals surface area (Å²) in [5.74, 6) is -1.43. The number of hydrogen-bond acceptors (Lipinski definition) is 4. The Hall–Kier alpha value is -3.06. The molecule has 1 unspecified atom stereocenters. The lowest BCUT2D eigenvalue weighted by Gasteiger charge is -2.34.